The third-order valence-corrected chi connectivity index (χ3v) is 30.7. The maximum Gasteiger partial charge on any atom is 0.409 e. The molecule has 698 valence electrons. The summed E-state index contributed by atoms with van der Waals surface area (Å²) in [5.41, 5.74) is 11.2. The molecule has 4 fully saturated rings. The molecule has 0 unspecified atom stereocenters. The number of halogens is 2. The Morgan fingerprint density at radius 3 is 1.30 bits per heavy atom. The van der Waals surface area contributed by atoms with E-state index in [-0.39, 0.29) is 87.7 Å². The van der Waals surface area contributed by atoms with Gasteiger partial charge in [0.15, 0.2) is 0 Å². The fourth-order valence-electron chi connectivity index (χ4n) is 20.0. The quantitative estimate of drug-likeness (QED) is 0.0362. The molecule has 10 heterocycles. The molecule has 6 aliphatic heterocycles. The smallest absolute Gasteiger partial charge is 0.409 e. The van der Waals surface area contributed by atoms with Crippen LogP contribution in [-0.2, 0) is 42.4 Å². The number of hydrogen-bond acceptors (Lipinski definition) is 23. The molecular weight excluding hydrogens is 1780 g/mol. The standard InChI is InChI=1S/C49H54ClN7O9S.C49H54ClN7O8S/c1-49(2)14-10-34(42(27-49)32-4-6-36(50)7-5-32)29-54-18-20-55(21-19-54)37-8-9-40(45(24-37)66-38-22-33-11-15-51-46(33)52-28-38)47(58)53-67(62,63)39-25-43(57(60)61)41-23-35(30-65-44(41)26-39)31-12-16-56(17-13-31)48(59)64-3;1-31(58)55-16-12-32(13-17-55)36-23-42-44(57(60)61)25-40(26-45(42)64-30-36)66(62,63)53-48(59)41-9-8-38(24-46(41)65-39-22-34-11-15-51-47(34)52-28-39)56-20-18-54(19-21-56)29-35-10-14-49(2,3)27-43(35)33-4-6-37(50)7-5-33/h4-9,11,15,22,24-26,28,31,35H,10,12-14,16-21,23,27,29-30H2,1-3H3,(H,51,52)(H,53,58);4-9,11,15,22,24-26,28,32,36H,10,12-14,16-21,23,27,29-30H2,1-3H3,(H,51,52)(H,53,59)/t35-;36-/m11/s1. The van der Waals surface area contributed by atoms with Crippen molar-refractivity contribution in [2.45, 2.75) is 121 Å². The lowest BCUT2D eigenvalue weighted by atomic mass is 9.72. The van der Waals surface area contributed by atoms with Crippen molar-refractivity contribution in [2.75, 3.05) is 122 Å². The Kier molecular flexibility index (Phi) is 27.1. The predicted octanol–water partition coefficient (Wildman–Crippen LogP) is 17.5. The maximum atomic E-state index is 14.1. The summed E-state index contributed by atoms with van der Waals surface area (Å²) < 4.78 is 89.8. The summed E-state index contributed by atoms with van der Waals surface area (Å²) in [6, 6.07) is 38.1. The third-order valence-electron chi connectivity index (χ3n) is 27.6. The number of nitrogens with zero attached hydrogens (tertiary/aromatic N) is 10. The van der Waals surface area contributed by atoms with Crippen LogP contribution in [0.5, 0.6) is 34.5 Å². The van der Waals surface area contributed by atoms with Crippen molar-refractivity contribution >= 4 is 123 Å². The molecule has 0 saturated carbocycles. The first kappa shape index (κ1) is 92.7. The number of rotatable bonds is 22. The van der Waals surface area contributed by atoms with E-state index in [9.17, 15) is 56.2 Å². The van der Waals surface area contributed by atoms with Gasteiger partial charge in [0.2, 0.25) is 5.91 Å². The predicted molar refractivity (Wildman–Crippen MR) is 507 cm³/mol. The van der Waals surface area contributed by atoms with E-state index in [2.05, 4.69) is 101 Å². The molecule has 0 bridgehead atoms. The molecule has 2 atom stereocenters. The minimum atomic E-state index is -4.67. The van der Waals surface area contributed by atoms with Crippen molar-refractivity contribution in [2.24, 2.45) is 34.5 Å². The molecule has 31 nitrogen and oxygen atoms in total. The van der Waals surface area contributed by atoms with Crippen molar-refractivity contribution in [1.29, 1.82) is 0 Å². The second-order valence-corrected chi connectivity index (χ2v) is 41.8. The Morgan fingerprint density at radius 1 is 0.519 bits per heavy atom. The number of piperazine rings is 2. The van der Waals surface area contributed by atoms with Gasteiger partial charge in [-0.3, -0.25) is 44.4 Å². The van der Waals surface area contributed by atoms with Crippen molar-refractivity contribution in [3.8, 4) is 34.5 Å². The van der Waals surface area contributed by atoms with Crippen LogP contribution >= 0.6 is 23.2 Å². The Hall–Kier alpha value is -12.1. The van der Waals surface area contributed by atoms with Crippen LogP contribution in [0.1, 0.15) is 142 Å². The molecular formula is C98H108Cl2N14O17S2. The number of sulfonamides is 2. The third kappa shape index (κ3) is 21.3. The van der Waals surface area contributed by atoms with Crippen LogP contribution in [-0.4, -0.2) is 202 Å². The Labute approximate surface area is 781 Å². The number of amides is 4. The van der Waals surface area contributed by atoms with Gasteiger partial charge >= 0.3 is 6.09 Å². The van der Waals surface area contributed by atoms with Gasteiger partial charge in [0.1, 0.15) is 45.8 Å². The number of fused-ring (bicyclic) bond motifs is 4. The Balaban J connectivity index is 0.000000185. The van der Waals surface area contributed by atoms with Crippen LogP contribution in [0.25, 0.3) is 33.2 Å². The number of methoxy groups -OCH3 is 1. The highest BCUT2D eigenvalue weighted by Gasteiger charge is 2.41. The number of anilines is 2. The fourth-order valence-corrected chi connectivity index (χ4v) is 22.2. The first-order valence-electron chi connectivity index (χ1n) is 45.2. The average molecular weight is 1890 g/mol. The number of aromatic amines is 2. The number of carbonyl (C=O) groups excluding carboxylic acids is 4. The number of carbonyl (C=O) groups is 4. The molecule has 35 heteroatoms. The molecule has 4 saturated heterocycles. The van der Waals surface area contributed by atoms with Gasteiger partial charge in [0.05, 0.1) is 74.6 Å². The zero-order valence-electron chi connectivity index (χ0n) is 75.1. The van der Waals surface area contributed by atoms with Crippen molar-refractivity contribution in [3.05, 3.63) is 233 Å². The van der Waals surface area contributed by atoms with Gasteiger partial charge in [0.25, 0.3) is 43.2 Å². The van der Waals surface area contributed by atoms with E-state index in [1.165, 1.54) is 77.2 Å². The SMILES string of the molecule is CC(=O)N1CCC([C@H]2COc3cc(S(=O)(=O)NC(=O)c4ccc(N5CCN(CC6=C(c7ccc(Cl)cc7)CC(C)(C)CC6)CC5)cc4Oc4cnc5[nH]ccc5c4)cc([N+](=O)[O-])c3C2)CC1.COC(=O)N1CCC([C@H]2COc3cc(S(=O)(=O)NC(=O)c4ccc(N5CCN(CC6=C(c7ccc(Cl)cc7)CC(C)(C)CC6)CC5)cc4Oc4cnc5[nH]ccc5c4)cc([N+](=O)[O-])c3C2)CC1. The van der Waals surface area contributed by atoms with Gasteiger partial charge in [0, 0.05) is 191 Å². The molecule has 4 amide bonds. The number of allylic oxidation sites excluding steroid dienone is 2. The zero-order chi connectivity index (χ0) is 93.4. The number of pyridine rings is 2. The van der Waals surface area contributed by atoms with Gasteiger partial charge in [-0.15, -0.1) is 0 Å². The molecule has 18 rings (SSSR count). The largest absolute Gasteiger partial charge is 0.493 e. The highest BCUT2D eigenvalue weighted by Crippen LogP contribution is 2.49. The number of benzene rings is 6. The van der Waals surface area contributed by atoms with Gasteiger partial charge < -0.3 is 53.3 Å². The molecule has 133 heavy (non-hydrogen) atoms. The molecule has 4 aromatic heterocycles. The molecule has 4 N–H and O–H groups in total. The fraction of sp³-hybridized carbons (Fsp3) is 0.408. The van der Waals surface area contributed by atoms with Crippen molar-refractivity contribution in [3.63, 3.8) is 0 Å². The number of nitro groups is 2. The summed E-state index contributed by atoms with van der Waals surface area (Å²) in [4.78, 5) is 103. The lowest BCUT2D eigenvalue weighted by Gasteiger charge is -2.39. The highest BCUT2D eigenvalue weighted by atomic mass is 35.5. The zero-order valence-corrected chi connectivity index (χ0v) is 78.2. The van der Waals surface area contributed by atoms with Gasteiger partial charge in [-0.05, 0) is 195 Å². The minimum absolute atomic E-state index is 0.0186. The highest BCUT2D eigenvalue weighted by molar-refractivity contribution is 7.90. The molecule has 6 aromatic carbocycles. The first-order valence-corrected chi connectivity index (χ1v) is 48.9. The topological polar surface area (TPSA) is 370 Å². The van der Waals surface area contributed by atoms with Crippen LogP contribution in [0.4, 0.5) is 27.5 Å². The molecule has 2 aliphatic carbocycles. The summed E-state index contributed by atoms with van der Waals surface area (Å²) in [6.07, 6.45) is 16.0. The minimum Gasteiger partial charge on any atom is -0.493 e. The molecule has 8 aliphatic rings. The number of H-pyrrole nitrogens is 2. The molecule has 0 radical (unpaired) electrons. The lowest BCUT2D eigenvalue weighted by Crippen LogP contribution is -2.47. The number of hydrogen-bond donors (Lipinski definition) is 4. The summed E-state index contributed by atoms with van der Waals surface area (Å²) >= 11 is 12.5. The van der Waals surface area contributed by atoms with Crippen LogP contribution in [0.3, 0.4) is 0 Å². The monoisotopic (exact) mass is 1890 g/mol. The number of aromatic nitrogens is 4. The number of piperidine rings is 2. The summed E-state index contributed by atoms with van der Waals surface area (Å²) in [5, 5.41) is 27.9. The van der Waals surface area contributed by atoms with Gasteiger partial charge in [-0.2, -0.15) is 0 Å². The number of likely N-dealkylation sites (tertiary alicyclic amines) is 2. The number of ether oxygens (including phenoxy) is 5. The van der Waals surface area contributed by atoms with E-state index in [4.69, 9.17) is 46.9 Å². The van der Waals surface area contributed by atoms with E-state index in [0.29, 0.717) is 112 Å². The maximum absolute atomic E-state index is 14.1. The lowest BCUT2D eigenvalue weighted by molar-refractivity contribution is -0.386. The summed E-state index contributed by atoms with van der Waals surface area (Å²) in [6.45, 7) is 21.4. The van der Waals surface area contributed by atoms with E-state index in [1.54, 1.807) is 65.5 Å². The van der Waals surface area contributed by atoms with E-state index in [1.807, 2.05) is 36.4 Å². The Morgan fingerprint density at radius 2 is 0.917 bits per heavy atom. The van der Waals surface area contributed by atoms with Gasteiger partial charge in [-0.25, -0.2) is 41.0 Å². The number of nitrogens with one attached hydrogen (secondary N) is 4. The molecule has 0 spiro atoms. The van der Waals surface area contributed by atoms with Crippen molar-refractivity contribution < 1.29 is 69.5 Å². The van der Waals surface area contributed by atoms with Crippen LogP contribution < -0.4 is 38.2 Å². The summed E-state index contributed by atoms with van der Waals surface area (Å²) in [7, 11) is -7.99. The first-order chi connectivity index (χ1) is 63.7. The van der Waals surface area contributed by atoms with Gasteiger partial charge in [-0.1, -0.05) is 86.3 Å². The summed E-state index contributed by atoms with van der Waals surface area (Å²) in [5.74, 6) is -0.663. The average Bonchev–Trinajstić information content (AvgIpc) is 1.46. The van der Waals surface area contributed by atoms with Crippen LogP contribution in [0, 0.1) is 54.7 Å². The van der Waals surface area contributed by atoms with E-state index >= 15 is 0 Å². The Bertz CT molecular complexity index is 6450. The van der Waals surface area contributed by atoms with Crippen molar-refractivity contribution in [1.82, 2.24) is 49.0 Å². The number of nitro benzene ring substituents is 2. The van der Waals surface area contributed by atoms with Crippen LogP contribution in [0.2, 0.25) is 10.0 Å². The normalized spacial score (nSPS) is 19.2. The second kappa shape index (κ2) is 38.8. The molecule has 10 aromatic rings. The van der Waals surface area contributed by atoms with E-state index in [0.717, 1.165) is 135 Å². The van der Waals surface area contributed by atoms with E-state index < -0.39 is 69.0 Å². The second-order valence-electron chi connectivity index (χ2n) is 37.5. The van der Waals surface area contributed by atoms with Crippen LogP contribution in [0.15, 0.2) is 179 Å².